The van der Waals surface area contributed by atoms with Crippen molar-refractivity contribution in [2.45, 2.75) is 32.0 Å². The standard InChI is InChI=1S/C24H36N6O2/c1-28(2)13-15-32-24-26-22-18-29(16-19-6-4-3-5-7-19)11-8-21(22)23(27-24)30-12-10-25-20(17-30)9-14-31/h3-7,20,25,31H,8-18H2,1-2H3. The number of anilines is 1. The SMILES string of the molecule is CN(C)CCOc1nc2c(c(N3CCNC(CCO)C3)n1)CCN(Cc1ccccc1)C2. The quantitative estimate of drug-likeness (QED) is 0.601. The second-order valence-corrected chi connectivity index (χ2v) is 8.96. The number of hydrogen-bond donors (Lipinski definition) is 2. The third-order valence-corrected chi connectivity index (χ3v) is 6.15. The van der Waals surface area contributed by atoms with Gasteiger partial charge in [-0.05, 0) is 32.5 Å². The highest BCUT2D eigenvalue weighted by molar-refractivity contribution is 5.52. The van der Waals surface area contributed by atoms with Gasteiger partial charge in [0.25, 0.3) is 0 Å². The van der Waals surface area contributed by atoms with E-state index in [4.69, 9.17) is 14.7 Å². The number of benzene rings is 1. The lowest BCUT2D eigenvalue weighted by molar-refractivity contribution is 0.227. The van der Waals surface area contributed by atoms with E-state index in [0.717, 1.165) is 70.2 Å². The maximum absolute atomic E-state index is 9.39. The summed E-state index contributed by atoms with van der Waals surface area (Å²) >= 11 is 0. The summed E-state index contributed by atoms with van der Waals surface area (Å²) in [5.74, 6) is 1.01. The molecule has 0 saturated carbocycles. The predicted octanol–water partition coefficient (Wildman–Crippen LogP) is 1.14. The molecule has 1 atom stereocenters. The van der Waals surface area contributed by atoms with Crippen molar-refractivity contribution in [2.75, 3.05) is 64.9 Å². The summed E-state index contributed by atoms with van der Waals surface area (Å²) in [6.45, 7) is 6.92. The number of hydrogen-bond acceptors (Lipinski definition) is 8. The van der Waals surface area contributed by atoms with Crippen LogP contribution in [0, 0.1) is 0 Å². The molecule has 1 unspecified atom stereocenters. The highest BCUT2D eigenvalue weighted by atomic mass is 16.5. The molecule has 2 aromatic rings. The Morgan fingerprint density at radius 1 is 1.19 bits per heavy atom. The summed E-state index contributed by atoms with van der Waals surface area (Å²) < 4.78 is 5.98. The van der Waals surface area contributed by atoms with Gasteiger partial charge < -0.3 is 25.0 Å². The molecule has 2 aliphatic rings. The summed E-state index contributed by atoms with van der Waals surface area (Å²) in [4.78, 5) is 16.6. The third kappa shape index (κ3) is 5.95. The highest BCUT2D eigenvalue weighted by Gasteiger charge is 2.28. The van der Waals surface area contributed by atoms with Gasteiger partial charge in [0.2, 0.25) is 0 Å². The zero-order chi connectivity index (χ0) is 22.3. The van der Waals surface area contributed by atoms with E-state index < -0.39 is 0 Å². The fraction of sp³-hybridized carbons (Fsp3) is 0.583. The molecule has 8 nitrogen and oxygen atoms in total. The lowest BCUT2D eigenvalue weighted by Crippen LogP contribution is -2.51. The molecule has 2 aliphatic heterocycles. The normalized spacial score (nSPS) is 19.2. The van der Waals surface area contributed by atoms with Crippen molar-refractivity contribution in [3.05, 3.63) is 47.2 Å². The summed E-state index contributed by atoms with van der Waals surface area (Å²) in [6.07, 6.45) is 1.69. The van der Waals surface area contributed by atoms with E-state index in [1.165, 1.54) is 11.1 Å². The summed E-state index contributed by atoms with van der Waals surface area (Å²) in [5.41, 5.74) is 3.65. The summed E-state index contributed by atoms with van der Waals surface area (Å²) in [7, 11) is 4.07. The van der Waals surface area contributed by atoms with Crippen LogP contribution in [0.15, 0.2) is 30.3 Å². The van der Waals surface area contributed by atoms with Gasteiger partial charge in [0, 0.05) is 64.0 Å². The Kier molecular flexibility index (Phi) is 7.91. The topological polar surface area (TPSA) is 77.0 Å². The van der Waals surface area contributed by atoms with E-state index in [0.29, 0.717) is 12.6 Å². The Balaban J connectivity index is 1.56. The molecule has 2 N–H and O–H groups in total. The number of nitrogens with one attached hydrogen (secondary N) is 1. The fourth-order valence-electron chi connectivity index (χ4n) is 4.43. The zero-order valence-electron chi connectivity index (χ0n) is 19.3. The Bertz CT molecular complexity index is 861. The average Bonchev–Trinajstić information content (AvgIpc) is 2.79. The molecule has 0 radical (unpaired) electrons. The van der Waals surface area contributed by atoms with Crippen LogP contribution in [0.2, 0.25) is 0 Å². The number of fused-ring (bicyclic) bond motifs is 1. The maximum atomic E-state index is 9.39. The summed E-state index contributed by atoms with van der Waals surface area (Å²) in [6, 6.07) is 11.4. The molecule has 1 saturated heterocycles. The largest absolute Gasteiger partial charge is 0.462 e. The zero-order valence-corrected chi connectivity index (χ0v) is 19.3. The molecule has 3 heterocycles. The number of aromatic nitrogens is 2. The molecule has 8 heteroatoms. The van der Waals surface area contributed by atoms with Crippen LogP contribution in [-0.4, -0.2) is 90.9 Å². The number of likely N-dealkylation sites (N-methyl/N-ethyl adjacent to an activating group) is 1. The van der Waals surface area contributed by atoms with Crippen LogP contribution < -0.4 is 15.0 Å². The van der Waals surface area contributed by atoms with Crippen LogP contribution in [-0.2, 0) is 19.5 Å². The Hall–Kier alpha value is -2.26. The molecule has 0 bridgehead atoms. The van der Waals surface area contributed by atoms with E-state index in [2.05, 4.69) is 50.3 Å². The number of piperazine rings is 1. The molecule has 1 aromatic heterocycles. The lowest BCUT2D eigenvalue weighted by Gasteiger charge is -2.37. The van der Waals surface area contributed by atoms with Gasteiger partial charge in [-0.15, -0.1) is 0 Å². The van der Waals surface area contributed by atoms with Crippen LogP contribution in [0.5, 0.6) is 6.01 Å². The Morgan fingerprint density at radius 3 is 2.81 bits per heavy atom. The van der Waals surface area contributed by atoms with Crippen LogP contribution in [0.3, 0.4) is 0 Å². The Morgan fingerprint density at radius 2 is 2.03 bits per heavy atom. The second kappa shape index (κ2) is 11.0. The average molecular weight is 441 g/mol. The third-order valence-electron chi connectivity index (χ3n) is 6.15. The van der Waals surface area contributed by atoms with Crippen LogP contribution in [0.4, 0.5) is 5.82 Å². The van der Waals surface area contributed by atoms with Gasteiger partial charge in [-0.1, -0.05) is 30.3 Å². The Labute approximate surface area is 191 Å². The molecule has 0 amide bonds. The minimum Gasteiger partial charge on any atom is -0.462 e. The smallest absolute Gasteiger partial charge is 0.318 e. The lowest BCUT2D eigenvalue weighted by atomic mass is 10.0. The van der Waals surface area contributed by atoms with Crippen molar-refractivity contribution >= 4 is 5.82 Å². The van der Waals surface area contributed by atoms with Crippen molar-refractivity contribution in [3.8, 4) is 6.01 Å². The highest BCUT2D eigenvalue weighted by Crippen LogP contribution is 2.30. The van der Waals surface area contributed by atoms with Crippen LogP contribution >= 0.6 is 0 Å². The van der Waals surface area contributed by atoms with Gasteiger partial charge in [-0.2, -0.15) is 9.97 Å². The van der Waals surface area contributed by atoms with Crippen molar-refractivity contribution in [1.29, 1.82) is 0 Å². The van der Waals surface area contributed by atoms with E-state index in [9.17, 15) is 5.11 Å². The van der Waals surface area contributed by atoms with E-state index in [1.807, 2.05) is 14.1 Å². The molecular weight excluding hydrogens is 404 g/mol. The maximum Gasteiger partial charge on any atom is 0.318 e. The number of ether oxygens (including phenoxy) is 1. The van der Waals surface area contributed by atoms with Crippen LogP contribution in [0.25, 0.3) is 0 Å². The van der Waals surface area contributed by atoms with Crippen molar-refractivity contribution in [1.82, 2.24) is 25.1 Å². The number of aliphatic hydroxyl groups excluding tert-OH is 1. The first-order valence-electron chi connectivity index (χ1n) is 11.6. The molecular formula is C24H36N6O2. The van der Waals surface area contributed by atoms with Gasteiger partial charge in [-0.3, -0.25) is 4.90 Å². The number of rotatable bonds is 9. The summed E-state index contributed by atoms with van der Waals surface area (Å²) in [5, 5.41) is 12.9. The molecule has 1 fully saturated rings. The van der Waals surface area contributed by atoms with Crippen molar-refractivity contribution in [3.63, 3.8) is 0 Å². The van der Waals surface area contributed by atoms with Gasteiger partial charge in [0.05, 0.1) is 5.69 Å². The minimum atomic E-state index is 0.195. The first-order valence-corrected chi connectivity index (χ1v) is 11.6. The minimum absolute atomic E-state index is 0.195. The monoisotopic (exact) mass is 440 g/mol. The number of nitrogens with zero attached hydrogens (tertiary/aromatic N) is 5. The van der Waals surface area contributed by atoms with Crippen molar-refractivity contribution in [2.24, 2.45) is 0 Å². The number of aliphatic hydroxyl groups is 1. The van der Waals surface area contributed by atoms with Gasteiger partial charge in [-0.25, -0.2) is 0 Å². The van der Waals surface area contributed by atoms with Gasteiger partial charge in [0.15, 0.2) is 0 Å². The molecule has 0 aliphatic carbocycles. The molecule has 0 spiro atoms. The van der Waals surface area contributed by atoms with E-state index >= 15 is 0 Å². The second-order valence-electron chi connectivity index (χ2n) is 8.96. The van der Waals surface area contributed by atoms with Gasteiger partial charge in [0.1, 0.15) is 12.4 Å². The van der Waals surface area contributed by atoms with Crippen LogP contribution in [0.1, 0.15) is 23.2 Å². The van der Waals surface area contributed by atoms with Crippen molar-refractivity contribution < 1.29 is 9.84 Å². The molecule has 174 valence electrons. The first-order chi connectivity index (χ1) is 15.6. The molecule has 32 heavy (non-hydrogen) atoms. The molecule has 1 aromatic carbocycles. The van der Waals surface area contributed by atoms with E-state index in [-0.39, 0.29) is 12.6 Å². The predicted molar refractivity (Wildman–Crippen MR) is 126 cm³/mol. The first kappa shape index (κ1) is 22.9. The fourth-order valence-corrected chi connectivity index (χ4v) is 4.43. The van der Waals surface area contributed by atoms with E-state index in [1.54, 1.807) is 0 Å². The van der Waals surface area contributed by atoms with Gasteiger partial charge >= 0.3 is 6.01 Å². The molecule has 4 rings (SSSR count).